The van der Waals surface area contributed by atoms with E-state index in [-0.39, 0.29) is 11.8 Å². The molecule has 0 radical (unpaired) electrons. The number of aryl methyl sites for hydroxylation is 1. The van der Waals surface area contributed by atoms with Crippen LogP contribution in [0.5, 0.6) is 0 Å². The van der Waals surface area contributed by atoms with Crippen LogP contribution in [0.4, 0.5) is 5.82 Å². The smallest absolute Gasteiger partial charge is 0.251 e. The summed E-state index contributed by atoms with van der Waals surface area (Å²) in [5.74, 6) is 2.55. The number of aromatic nitrogens is 2. The molecule has 4 nitrogen and oxygen atoms in total. The first kappa shape index (κ1) is 21.9. The van der Waals surface area contributed by atoms with E-state index >= 15 is 0 Å². The van der Waals surface area contributed by atoms with E-state index in [1.54, 1.807) is 4.68 Å². The Morgan fingerprint density at radius 1 is 0.733 bits per heavy atom. The van der Waals surface area contributed by atoms with E-state index < -0.39 is 0 Å². The molecule has 0 aliphatic heterocycles. The van der Waals surface area contributed by atoms with E-state index in [9.17, 15) is 4.79 Å². The van der Waals surface area contributed by atoms with Crippen LogP contribution in [0, 0.1) is 17.8 Å². The van der Waals surface area contributed by atoms with Crippen LogP contribution in [0.2, 0.25) is 0 Å². The van der Waals surface area contributed by atoms with E-state index in [1.165, 1.54) is 96.3 Å². The lowest BCUT2D eigenvalue weighted by Crippen LogP contribution is -2.26. The van der Waals surface area contributed by atoms with Gasteiger partial charge in [-0.15, -0.1) is 0 Å². The first-order chi connectivity index (χ1) is 14.7. The van der Waals surface area contributed by atoms with E-state index in [0.717, 1.165) is 42.9 Å². The minimum atomic E-state index is 0.0975. The fraction of sp³-hybridized carbons (Fsp3) is 0.846. The van der Waals surface area contributed by atoms with Gasteiger partial charge in [0.1, 0.15) is 5.82 Å². The predicted molar refractivity (Wildman–Crippen MR) is 124 cm³/mol. The van der Waals surface area contributed by atoms with Crippen LogP contribution < -0.4 is 5.73 Å². The Morgan fingerprint density at radius 3 is 2.10 bits per heavy atom. The van der Waals surface area contributed by atoms with Crippen molar-refractivity contribution in [2.24, 2.45) is 17.8 Å². The van der Waals surface area contributed by atoms with Gasteiger partial charge in [-0.05, 0) is 50.4 Å². The van der Waals surface area contributed by atoms with Gasteiger partial charge in [0.2, 0.25) is 0 Å². The molecule has 2 N–H and O–H groups in total. The summed E-state index contributed by atoms with van der Waals surface area (Å²) in [6.07, 6.45) is 24.0. The molecule has 1 aromatic rings. The molecule has 4 rings (SSSR count). The zero-order valence-corrected chi connectivity index (χ0v) is 19.0. The first-order valence-electron chi connectivity index (χ1n) is 13.1. The third-order valence-electron chi connectivity index (χ3n) is 8.25. The zero-order chi connectivity index (χ0) is 20.8. The molecular weight excluding hydrogens is 370 g/mol. The van der Waals surface area contributed by atoms with Crippen molar-refractivity contribution in [3.05, 3.63) is 11.3 Å². The van der Waals surface area contributed by atoms with Crippen LogP contribution in [-0.2, 0) is 12.8 Å². The standard InChI is InChI=1S/C26H43N3O/c27-25-23-15-9-10-16-24(23)28-29(25)26(30)22-14-8-4-7-12-20-11-5-2-1-3-6-13-21(19-22)18-17-20/h20-22H,1-19,27H2/t20?,21?,22-/m0/s1. The molecule has 2 bridgehead atoms. The molecule has 2 fully saturated rings. The number of fused-ring (bicyclic) bond motifs is 4. The Morgan fingerprint density at radius 2 is 1.33 bits per heavy atom. The highest BCUT2D eigenvalue weighted by molar-refractivity contribution is 5.84. The molecule has 2 saturated carbocycles. The molecular formula is C26H43N3O. The minimum Gasteiger partial charge on any atom is -0.383 e. The average molecular weight is 414 g/mol. The molecule has 3 aliphatic rings. The van der Waals surface area contributed by atoms with Gasteiger partial charge in [-0.2, -0.15) is 9.78 Å². The Labute approximate surface area is 183 Å². The second kappa shape index (κ2) is 10.8. The molecule has 3 atom stereocenters. The Bertz CT molecular complexity index is 695. The molecule has 0 spiro atoms. The SMILES string of the molecule is Nc1c2c(nn1C(=O)[C@H]1CCCCCC3CCCCCCCC(CC3)C1)CCCC2. The molecule has 0 aromatic carbocycles. The lowest BCUT2D eigenvalue weighted by Gasteiger charge is -2.24. The van der Waals surface area contributed by atoms with Crippen molar-refractivity contribution in [2.75, 3.05) is 5.73 Å². The number of hydrogen-bond donors (Lipinski definition) is 1. The number of anilines is 1. The van der Waals surface area contributed by atoms with Crippen LogP contribution in [0.15, 0.2) is 0 Å². The van der Waals surface area contributed by atoms with Crippen molar-refractivity contribution in [3.63, 3.8) is 0 Å². The van der Waals surface area contributed by atoms with Crippen LogP contribution in [0.1, 0.15) is 125 Å². The number of carbonyl (C=O) groups is 1. The van der Waals surface area contributed by atoms with Crippen LogP contribution >= 0.6 is 0 Å². The quantitative estimate of drug-likeness (QED) is 0.556. The summed E-state index contributed by atoms with van der Waals surface area (Å²) in [7, 11) is 0. The largest absolute Gasteiger partial charge is 0.383 e. The number of carbonyl (C=O) groups excluding carboxylic acids is 1. The molecule has 3 aliphatic carbocycles. The van der Waals surface area contributed by atoms with Gasteiger partial charge < -0.3 is 5.73 Å². The van der Waals surface area contributed by atoms with E-state index in [0.29, 0.717) is 11.7 Å². The molecule has 168 valence electrons. The normalized spacial score (nSPS) is 29.4. The number of rotatable bonds is 1. The highest BCUT2D eigenvalue weighted by atomic mass is 16.2. The molecule has 0 saturated heterocycles. The average Bonchev–Trinajstić information content (AvgIpc) is 3.05. The van der Waals surface area contributed by atoms with Crippen molar-refractivity contribution in [3.8, 4) is 0 Å². The number of nitrogen functional groups attached to an aromatic ring is 1. The van der Waals surface area contributed by atoms with Gasteiger partial charge in [0.25, 0.3) is 5.91 Å². The van der Waals surface area contributed by atoms with Gasteiger partial charge in [-0.3, -0.25) is 4.79 Å². The third kappa shape index (κ3) is 5.48. The van der Waals surface area contributed by atoms with Gasteiger partial charge in [0.05, 0.1) is 5.69 Å². The van der Waals surface area contributed by atoms with E-state index in [1.807, 2.05) is 0 Å². The van der Waals surface area contributed by atoms with Gasteiger partial charge >= 0.3 is 0 Å². The van der Waals surface area contributed by atoms with Crippen molar-refractivity contribution < 1.29 is 4.79 Å². The fourth-order valence-corrected chi connectivity index (χ4v) is 6.34. The van der Waals surface area contributed by atoms with Gasteiger partial charge in [-0.25, -0.2) is 0 Å². The maximum Gasteiger partial charge on any atom is 0.251 e. The van der Waals surface area contributed by atoms with Crippen molar-refractivity contribution in [2.45, 2.75) is 122 Å². The topological polar surface area (TPSA) is 60.9 Å². The molecule has 30 heavy (non-hydrogen) atoms. The van der Waals surface area contributed by atoms with Crippen LogP contribution in [-0.4, -0.2) is 15.7 Å². The monoisotopic (exact) mass is 413 g/mol. The maximum atomic E-state index is 13.6. The van der Waals surface area contributed by atoms with Gasteiger partial charge in [0.15, 0.2) is 0 Å². The van der Waals surface area contributed by atoms with Crippen LogP contribution in [0.25, 0.3) is 0 Å². The first-order valence-corrected chi connectivity index (χ1v) is 13.1. The zero-order valence-electron chi connectivity index (χ0n) is 19.0. The lowest BCUT2D eigenvalue weighted by atomic mass is 9.83. The van der Waals surface area contributed by atoms with Crippen LogP contribution in [0.3, 0.4) is 0 Å². The van der Waals surface area contributed by atoms with Crippen molar-refractivity contribution in [1.29, 1.82) is 0 Å². The number of hydrogen-bond acceptors (Lipinski definition) is 3. The molecule has 4 heteroatoms. The fourth-order valence-electron chi connectivity index (χ4n) is 6.34. The van der Waals surface area contributed by atoms with E-state index in [4.69, 9.17) is 10.8 Å². The second-order valence-corrected chi connectivity index (χ2v) is 10.5. The maximum absolute atomic E-state index is 13.6. The second-order valence-electron chi connectivity index (χ2n) is 10.5. The Balaban J connectivity index is 1.51. The third-order valence-corrected chi connectivity index (χ3v) is 8.25. The van der Waals surface area contributed by atoms with Crippen molar-refractivity contribution in [1.82, 2.24) is 9.78 Å². The summed E-state index contributed by atoms with van der Waals surface area (Å²) in [4.78, 5) is 13.6. The summed E-state index contributed by atoms with van der Waals surface area (Å²) in [6.45, 7) is 0. The predicted octanol–water partition coefficient (Wildman–Crippen LogP) is 6.71. The molecule has 0 amide bonds. The number of nitrogens with two attached hydrogens (primary N) is 1. The van der Waals surface area contributed by atoms with Gasteiger partial charge in [-0.1, -0.05) is 83.5 Å². The van der Waals surface area contributed by atoms with Gasteiger partial charge in [0, 0.05) is 11.5 Å². The molecule has 1 heterocycles. The summed E-state index contributed by atoms with van der Waals surface area (Å²) in [6, 6.07) is 0. The summed E-state index contributed by atoms with van der Waals surface area (Å²) in [5, 5.41) is 4.72. The molecule has 2 unspecified atom stereocenters. The highest BCUT2D eigenvalue weighted by Crippen LogP contribution is 2.35. The van der Waals surface area contributed by atoms with E-state index in [2.05, 4.69) is 0 Å². The summed E-state index contributed by atoms with van der Waals surface area (Å²) in [5.41, 5.74) is 8.68. The minimum absolute atomic E-state index is 0.0975. The lowest BCUT2D eigenvalue weighted by molar-refractivity contribution is 0.0783. The highest BCUT2D eigenvalue weighted by Gasteiger charge is 2.29. The van der Waals surface area contributed by atoms with Crippen molar-refractivity contribution >= 4 is 11.7 Å². The Kier molecular flexibility index (Phi) is 7.89. The molecule has 1 aromatic heterocycles. The Hall–Kier alpha value is -1.32. The summed E-state index contributed by atoms with van der Waals surface area (Å²) >= 11 is 0. The summed E-state index contributed by atoms with van der Waals surface area (Å²) < 4.78 is 1.62. The number of nitrogens with zero attached hydrogens (tertiary/aromatic N) is 2.